The molecule has 1 aromatic carbocycles. The van der Waals surface area contributed by atoms with Crippen LogP contribution in [0.3, 0.4) is 0 Å². The molecule has 158 valence electrons. The maximum atomic E-state index is 12.7. The zero-order valence-corrected chi connectivity index (χ0v) is 18.6. The highest BCUT2D eigenvalue weighted by atomic mass is 35.5. The quantitative estimate of drug-likeness (QED) is 0.582. The largest absolute Gasteiger partial charge is 0.484 e. The van der Waals surface area contributed by atoms with E-state index < -0.39 is 0 Å². The number of thiazole rings is 1. The first-order valence-corrected chi connectivity index (χ1v) is 10.8. The molecule has 0 fully saturated rings. The zero-order chi connectivity index (χ0) is 21.2. The van der Waals surface area contributed by atoms with Gasteiger partial charge in [-0.15, -0.1) is 11.3 Å². The van der Waals surface area contributed by atoms with Crippen LogP contribution >= 0.6 is 22.9 Å². The molecule has 1 aromatic heterocycles. The van der Waals surface area contributed by atoms with Crippen LogP contribution in [0.2, 0.25) is 5.02 Å². The first-order valence-electron chi connectivity index (χ1n) is 9.51. The maximum Gasteiger partial charge on any atom is 0.261 e. The number of benzene rings is 1. The first-order chi connectivity index (χ1) is 13.9. The number of amides is 2. The summed E-state index contributed by atoms with van der Waals surface area (Å²) in [5.74, 6) is 0.0190. The topological polar surface area (TPSA) is 74.8 Å². The molecule has 0 aliphatic rings. The summed E-state index contributed by atoms with van der Waals surface area (Å²) in [5.41, 5.74) is 0.844. The number of aryl methyl sites for hydroxylation is 1. The second-order valence-electron chi connectivity index (χ2n) is 6.43. The Morgan fingerprint density at radius 3 is 2.45 bits per heavy atom. The van der Waals surface area contributed by atoms with Gasteiger partial charge in [0, 0.05) is 23.5 Å². The van der Waals surface area contributed by atoms with E-state index >= 15 is 0 Å². The molecule has 0 radical (unpaired) electrons. The summed E-state index contributed by atoms with van der Waals surface area (Å²) in [7, 11) is 0. The van der Waals surface area contributed by atoms with Crippen molar-refractivity contribution in [3.63, 3.8) is 0 Å². The van der Waals surface area contributed by atoms with Gasteiger partial charge < -0.3 is 19.9 Å². The van der Waals surface area contributed by atoms with E-state index in [1.54, 1.807) is 24.3 Å². The van der Waals surface area contributed by atoms with Gasteiger partial charge in [0.25, 0.3) is 5.91 Å². The molecule has 2 rings (SSSR count). The van der Waals surface area contributed by atoms with Crippen LogP contribution in [0, 0.1) is 6.92 Å². The Kier molecular flexibility index (Phi) is 9.37. The number of ether oxygens (including phenoxy) is 1. The maximum absolute atomic E-state index is 12.7. The Bertz CT molecular complexity index is 793. The Balaban J connectivity index is 1.97. The zero-order valence-electron chi connectivity index (χ0n) is 17.0. The molecule has 29 heavy (non-hydrogen) atoms. The van der Waals surface area contributed by atoms with Crippen molar-refractivity contribution in [3.8, 4) is 5.75 Å². The van der Waals surface area contributed by atoms with Gasteiger partial charge in [0.05, 0.1) is 5.69 Å². The fraction of sp³-hybridized carbons (Fsp3) is 0.450. The Morgan fingerprint density at radius 1 is 1.17 bits per heavy atom. The summed E-state index contributed by atoms with van der Waals surface area (Å²) in [5, 5.41) is 5.73. The van der Waals surface area contributed by atoms with E-state index in [-0.39, 0.29) is 25.0 Å². The summed E-state index contributed by atoms with van der Waals surface area (Å²) in [4.78, 5) is 33.1. The summed E-state index contributed by atoms with van der Waals surface area (Å²) in [6, 6.07) is 6.80. The third-order valence-corrected chi connectivity index (χ3v) is 5.44. The molecule has 9 heteroatoms. The van der Waals surface area contributed by atoms with Crippen LogP contribution in [0.15, 0.2) is 29.6 Å². The third kappa shape index (κ3) is 8.00. The summed E-state index contributed by atoms with van der Waals surface area (Å²) < 4.78 is 5.56. The van der Waals surface area contributed by atoms with Crippen molar-refractivity contribution in [1.82, 2.24) is 14.8 Å². The molecule has 1 heterocycles. The minimum absolute atomic E-state index is 0.0529. The lowest BCUT2D eigenvalue weighted by Gasteiger charge is -2.26. The molecule has 1 N–H and O–H groups in total. The third-order valence-electron chi connectivity index (χ3n) is 4.31. The van der Waals surface area contributed by atoms with Crippen LogP contribution in [-0.4, -0.2) is 65.9 Å². The van der Waals surface area contributed by atoms with Crippen molar-refractivity contribution in [1.29, 1.82) is 0 Å². The molecule has 0 aliphatic heterocycles. The fourth-order valence-electron chi connectivity index (χ4n) is 2.60. The van der Waals surface area contributed by atoms with Crippen molar-refractivity contribution in [2.75, 3.05) is 44.6 Å². The van der Waals surface area contributed by atoms with Gasteiger partial charge in [0.1, 0.15) is 12.3 Å². The van der Waals surface area contributed by atoms with Crippen LogP contribution in [-0.2, 0) is 9.59 Å². The number of rotatable bonds is 11. The molecular weight excluding hydrogens is 412 g/mol. The van der Waals surface area contributed by atoms with E-state index in [2.05, 4.69) is 29.0 Å². The molecular formula is C20H27ClN4O3S. The number of hydrogen-bond acceptors (Lipinski definition) is 6. The fourth-order valence-corrected chi connectivity index (χ4v) is 3.43. The monoisotopic (exact) mass is 438 g/mol. The number of carbonyl (C=O) groups excluding carboxylic acids is 2. The Labute approximate surface area is 180 Å². The molecule has 0 spiro atoms. The van der Waals surface area contributed by atoms with Gasteiger partial charge in [-0.1, -0.05) is 25.4 Å². The number of halogens is 1. The number of nitrogens with one attached hydrogen (secondary N) is 1. The van der Waals surface area contributed by atoms with E-state index in [0.29, 0.717) is 29.0 Å². The lowest BCUT2D eigenvalue weighted by molar-refractivity contribution is -0.136. The lowest BCUT2D eigenvalue weighted by atomic mass is 10.3. The van der Waals surface area contributed by atoms with Gasteiger partial charge in [-0.25, -0.2) is 4.98 Å². The van der Waals surface area contributed by atoms with Crippen LogP contribution in [0.1, 0.15) is 19.5 Å². The Morgan fingerprint density at radius 2 is 1.86 bits per heavy atom. The van der Waals surface area contributed by atoms with Gasteiger partial charge in [-0.3, -0.25) is 9.59 Å². The molecule has 7 nitrogen and oxygen atoms in total. The van der Waals surface area contributed by atoms with Gasteiger partial charge >= 0.3 is 0 Å². The molecule has 2 aromatic rings. The molecule has 0 atom stereocenters. The molecule has 0 saturated heterocycles. The van der Waals surface area contributed by atoms with Crippen molar-refractivity contribution < 1.29 is 14.3 Å². The number of carbonyl (C=O) groups is 2. The van der Waals surface area contributed by atoms with Crippen LogP contribution < -0.4 is 10.1 Å². The van der Waals surface area contributed by atoms with Gasteiger partial charge in [-0.2, -0.15) is 0 Å². The van der Waals surface area contributed by atoms with Crippen molar-refractivity contribution >= 4 is 39.9 Å². The standard InChI is InChI=1S/C20H27ClN4O3S/c1-4-24(5-2)10-11-25(12-18(26)23-20-22-15(3)14-29-20)19(27)13-28-17-8-6-16(21)7-9-17/h6-9,14H,4-5,10-13H2,1-3H3,(H,22,23,26). The number of hydrogen-bond donors (Lipinski definition) is 1. The van der Waals surface area contributed by atoms with Gasteiger partial charge in [0.15, 0.2) is 11.7 Å². The summed E-state index contributed by atoms with van der Waals surface area (Å²) >= 11 is 7.22. The number of likely N-dealkylation sites (N-methyl/N-ethyl adjacent to an activating group) is 1. The number of nitrogens with zero attached hydrogens (tertiary/aromatic N) is 3. The van der Waals surface area contributed by atoms with E-state index in [1.165, 1.54) is 16.2 Å². The molecule has 0 unspecified atom stereocenters. The Hall–Kier alpha value is -2.16. The molecule has 0 aliphatic carbocycles. The van der Waals surface area contributed by atoms with E-state index in [9.17, 15) is 9.59 Å². The van der Waals surface area contributed by atoms with E-state index in [1.807, 2.05) is 12.3 Å². The van der Waals surface area contributed by atoms with Gasteiger partial charge in [-0.05, 0) is 44.3 Å². The van der Waals surface area contributed by atoms with E-state index in [0.717, 1.165) is 18.8 Å². The van der Waals surface area contributed by atoms with Crippen molar-refractivity contribution in [2.45, 2.75) is 20.8 Å². The first kappa shape index (κ1) is 23.1. The highest BCUT2D eigenvalue weighted by Crippen LogP contribution is 2.16. The summed E-state index contributed by atoms with van der Waals surface area (Å²) in [6.07, 6.45) is 0. The highest BCUT2D eigenvalue weighted by Gasteiger charge is 2.19. The minimum atomic E-state index is -0.279. The van der Waals surface area contributed by atoms with E-state index in [4.69, 9.17) is 16.3 Å². The summed E-state index contributed by atoms with van der Waals surface area (Å²) in [6.45, 7) is 8.67. The normalized spacial score (nSPS) is 10.8. The van der Waals surface area contributed by atoms with Crippen molar-refractivity contribution in [2.24, 2.45) is 0 Å². The second kappa shape index (κ2) is 11.7. The second-order valence-corrected chi connectivity index (χ2v) is 7.72. The highest BCUT2D eigenvalue weighted by molar-refractivity contribution is 7.13. The van der Waals surface area contributed by atoms with Gasteiger partial charge in [0.2, 0.25) is 5.91 Å². The minimum Gasteiger partial charge on any atom is -0.484 e. The average molecular weight is 439 g/mol. The number of aromatic nitrogens is 1. The number of anilines is 1. The molecule has 2 amide bonds. The predicted molar refractivity (Wildman–Crippen MR) is 117 cm³/mol. The average Bonchev–Trinajstić information content (AvgIpc) is 3.11. The van der Waals surface area contributed by atoms with Crippen LogP contribution in [0.25, 0.3) is 0 Å². The molecule has 0 saturated carbocycles. The molecule has 0 bridgehead atoms. The van der Waals surface area contributed by atoms with Crippen LogP contribution in [0.5, 0.6) is 5.75 Å². The lowest BCUT2D eigenvalue weighted by Crippen LogP contribution is -2.44. The smallest absolute Gasteiger partial charge is 0.261 e. The van der Waals surface area contributed by atoms with Crippen molar-refractivity contribution in [3.05, 3.63) is 40.4 Å². The predicted octanol–water partition coefficient (Wildman–Crippen LogP) is 3.29. The SMILES string of the molecule is CCN(CC)CCN(CC(=O)Nc1nc(C)cs1)C(=O)COc1ccc(Cl)cc1. The van der Waals surface area contributed by atoms with Crippen LogP contribution in [0.4, 0.5) is 5.13 Å².